The summed E-state index contributed by atoms with van der Waals surface area (Å²) in [5.41, 5.74) is 3.00. The number of rotatable bonds is 8. The third-order valence-electron chi connectivity index (χ3n) is 5.87. The van der Waals surface area contributed by atoms with Gasteiger partial charge < -0.3 is 14.2 Å². The third kappa shape index (κ3) is 8.47. The Morgan fingerprint density at radius 1 is 0.872 bits per heavy atom. The summed E-state index contributed by atoms with van der Waals surface area (Å²) >= 11 is -1.44. The molecule has 0 aliphatic rings. The Morgan fingerprint density at radius 3 is 1.77 bits per heavy atom. The fraction of sp³-hybridized carbons (Fsp3) is 0.179. The van der Waals surface area contributed by atoms with Gasteiger partial charge in [0, 0.05) is 0 Å². The Bertz CT molecular complexity index is 1410. The van der Waals surface area contributed by atoms with Crippen LogP contribution in [0.5, 0.6) is 0 Å². The summed E-state index contributed by atoms with van der Waals surface area (Å²) in [5, 5.41) is 9.80. The van der Waals surface area contributed by atoms with Crippen LogP contribution in [0.2, 0.25) is 0 Å². The summed E-state index contributed by atoms with van der Waals surface area (Å²) in [4.78, 5) is 19.7. The predicted molar refractivity (Wildman–Crippen MR) is 136 cm³/mol. The SMILES string of the molecule is C=CC(=O)c1cncn1[C@H](C)c1ccc(F)cc1.C=CC(O)c1cncn1[C@H](C)c1ccc(F)cc1.[O]=[Mn]=[O]. The van der Waals surface area contributed by atoms with Crippen LogP contribution in [0.1, 0.15) is 59.3 Å². The molecule has 1 N–H and O–H groups in total. The second kappa shape index (κ2) is 15.4. The molecule has 8 nitrogen and oxygen atoms in total. The molecular formula is C28H28F2MnN4O4. The topological polar surface area (TPSA) is 107 Å². The first kappa shape index (κ1) is 31.2. The van der Waals surface area contributed by atoms with Crippen molar-refractivity contribution in [2.75, 3.05) is 0 Å². The quantitative estimate of drug-likeness (QED) is 0.126. The molecule has 0 saturated carbocycles. The summed E-state index contributed by atoms with van der Waals surface area (Å²) in [6, 6.07) is 12.4. The van der Waals surface area contributed by atoms with Gasteiger partial charge in [0.2, 0.25) is 5.78 Å². The molecule has 2 aromatic carbocycles. The molecule has 0 aliphatic carbocycles. The van der Waals surface area contributed by atoms with E-state index >= 15 is 0 Å². The van der Waals surface area contributed by atoms with Gasteiger partial charge in [-0.15, -0.1) is 6.58 Å². The van der Waals surface area contributed by atoms with E-state index in [9.17, 15) is 18.7 Å². The molecule has 39 heavy (non-hydrogen) atoms. The van der Waals surface area contributed by atoms with E-state index in [1.54, 1.807) is 47.7 Å². The summed E-state index contributed by atoms with van der Waals surface area (Å²) in [6.07, 6.45) is 8.29. The molecule has 2 heterocycles. The number of nitrogens with zero attached hydrogens (tertiary/aromatic N) is 4. The second-order valence-electron chi connectivity index (χ2n) is 8.18. The van der Waals surface area contributed by atoms with Crippen molar-refractivity contribution >= 4 is 5.78 Å². The van der Waals surface area contributed by atoms with Gasteiger partial charge >= 0.3 is 22.5 Å². The molecule has 0 radical (unpaired) electrons. The van der Waals surface area contributed by atoms with Gasteiger partial charge in [0.05, 0.1) is 42.8 Å². The van der Waals surface area contributed by atoms with Gasteiger partial charge in [0.1, 0.15) is 23.4 Å². The average molecular weight is 577 g/mol. The first-order valence-electron chi connectivity index (χ1n) is 11.6. The Kier molecular flexibility index (Phi) is 12.3. The van der Waals surface area contributed by atoms with Crippen LogP contribution in [0.3, 0.4) is 0 Å². The number of aliphatic hydroxyl groups excluding tert-OH is 1. The number of aromatic nitrogens is 4. The van der Waals surface area contributed by atoms with Crippen LogP contribution in [0, 0.1) is 11.6 Å². The Balaban J connectivity index is 0.000000249. The summed E-state index contributed by atoms with van der Waals surface area (Å²) < 4.78 is 46.2. The van der Waals surface area contributed by atoms with Crippen molar-refractivity contribution in [2.45, 2.75) is 32.0 Å². The minimum atomic E-state index is -1.44. The van der Waals surface area contributed by atoms with E-state index in [1.807, 2.05) is 18.4 Å². The van der Waals surface area contributed by atoms with Crippen molar-refractivity contribution in [3.05, 3.63) is 133 Å². The number of carbonyl (C=O) groups excluding carboxylic acids is 1. The van der Waals surface area contributed by atoms with Crippen molar-refractivity contribution in [3.63, 3.8) is 0 Å². The van der Waals surface area contributed by atoms with Gasteiger partial charge in [0.25, 0.3) is 0 Å². The number of halogens is 2. The molecule has 0 aliphatic heterocycles. The van der Waals surface area contributed by atoms with Gasteiger partial charge in [-0.1, -0.05) is 36.9 Å². The summed E-state index contributed by atoms with van der Waals surface area (Å²) in [6.45, 7) is 10.9. The summed E-state index contributed by atoms with van der Waals surface area (Å²) in [5.74, 6) is -0.719. The Hall–Kier alpha value is -4.05. The molecular weight excluding hydrogens is 549 g/mol. The normalized spacial score (nSPS) is 12.4. The maximum absolute atomic E-state index is 12.9. The molecule has 4 aromatic rings. The van der Waals surface area contributed by atoms with Crippen molar-refractivity contribution in [3.8, 4) is 0 Å². The van der Waals surface area contributed by atoms with E-state index in [0.717, 1.165) is 11.1 Å². The maximum atomic E-state index is 12.9. The first-order valence-corrected chi connectivity index (χ1v) is 12.6. The zero-order valence-electron chi connectivity index (χ0n) is 21.3. The molecule has 4 rings (SSSR count). The van der Waals surface area contributed by atoms with Gasteiger partial charge in [0.15, 0.2) is 0 Å². The monoisotopic (exact) mass is 577 g/mol. The van der Waals surface area contributed by atoms with Crippen LogP contribution in [-0.4, -0.2) is 30.0 Å². The fourth-order valence-electron chi connectivity index (χ4n) is 3.70. The van der Waals surface area contributed by atoms with Crippen LogP contribution in [-0.2, 0) is 22.5 Å². The van der Waals surface area contributed by atoms with E-state index in [4.69, 9.17) is 7.67 Å². The Labute approximate surface area is 230 Å². The third-order valence-corrected chi connectivity index (χ3v) is 5.87. The molecule has 3 atom stereocenters. The number of carbonyl (C=O) groups is 1. The van der Waals surface area contributed by atoms with Crippen LogP contribution >= 0.6 is 0 Å². The molecule has 205 valence electrons. The zero-order valence-corrected chi connectivity index (χ0v) is 22.5. The molecule has 0 fully saturated rings. The van der Waals surface area contributed by atoms with Gasteiger partial charge in [-0.25, -0.2) is 18.7 Å². The molecule has 2 aromatic heterocycles. The number of hydrogen-bond acceptors (Lipinski definition) is 6. The van der Waals surface area contributed by atoms with Crippen LogP contribution in [0.15, 0.2) is 98.9 Å². The molecule has 1 unspecified atom stereocenters. The van der Waals surface area contributed by atoms with Crippen molar-refractivity contribution in [2.24, 2.45) is 0 Å². The standard InChI is InChI=1S/C14H15FN2O.C14H13FN2O.Mn.2O/c2*1-3-14(18)13-8-16-9-17(13)10(2)11-4-6-12(15)7-5-11;;;/h3-10,14,18H,1H2,2H3;3-10H,1H2,2H3;;;/t10-,14?;10-;;;/m11.../s1. The number of ketones is 1. The van der Waals surface area contributed by atoms with E-state index in [-0.39, 0.29) is 29.5 Å². The summed E-state index contributed by atoms with van der Waals surface area (Å²) in [7, 11) is 0. The van der Waals surface area contributed by atoms with Crippen LogP contribution < -0.4 is 0 Å². The number of allylic oxidation sites excluding steroid dienone is 1. The first-order chi connectivity index (χ1) is 18.7. The van der Waals surface area contributed by atoms with Gasteiger partial charge in [-0.3, -0.25) is 4.79 Å². The van der Waals surface area contributed by atoms with Crippen LogP contribution in [0.4, 0.5) is 8.78 Å². The number of hydrogen-bond donors (Lipinski definition) is 1. The molecule has 0 amide bonds. The number of imidazole rings is 2. The molecule has 0 spiro atoms. The predicted octanol–water partition coefficient (Wildman–Crippen LogP) is 5.61. The Morgan fingerprint density at radius 2 is 1.31 bits per heavy atom. The van der Waals surface area contributed by atoms with Crippen LogP contribution in [0.25, 0.3) is 0 Å². The van der Waals surface area contributed by atoms with E-state index in [2.05, 4.69) is 23.1 Å². The van der Waals surface area contributed by atoms with E-state index in [1.165, 1.54) is 42.6 Å². The molecule has 0 saturated heterocycles. The van der Waals surface area contributed by atoms with E-state index in [0.29, 0.717) is 11.4 Å². The zero-order chi connectivity index (χ0) is 28.9. The van der Waals surface area contributed by atoms with Crippen molar-refractivity contribution < 1.29 is 41.2 Å². The number of benzene rings is 2. The minimum absolute atomic E-state index is 0.0299. The second-order valence-corrected chi connectivity index (χ2v) is 8.38. The van der Waals surface area contributed by atoms with E-state index < -0.39 is 20.9 Å². The molecule has 11 heteroatoms. The van der Waals surface area contributed by atoms with Gasteiger partial charge in [-0.05, 0) is 55.3 Å². The average Bonchev–Trinajstić information content (AvgIpc) is 3.64. The fourth-order valence-corrected chi connectivity index (χ4v) is 3.70. The number of aliphatic hydroxyl groups is 1. The molecule has 0 bridgehead atoms. The van der Waals surface area contributed by atoms with Crippen molar-refractivity contribution in [1.29, 1.82) is 0 Å². The van der Waals surface area contributed by atoms with Crippen molar-refractivity contribution in [1.82, 2.24) is 19.1 Å². The van der Waals surface area contributed by atoms with Gasteiger partial charge in [-0.2, -0.15) is 0 Å².